The number of rotatable bonds is 6. The van der Waals surface area contributed by atoms with E-state index in [1.54, 1.807) is 29.2 Å². The number of ketones is 1. The van der Waals surface area contributed by atoms with Crippen molar-refractivity contribution < 1.29 is 14.7 Å². The van der Waals surface area contributed by atoms with E-state index in [-0.39, 0.29) is 12.2 Å². The van der Waals surface area contributed by atoms with Gasteiger partial charge < -0.3 is 10.0 Å². The molecule has 34 heavy (non-hydrogen) atoms. The van der Waals surface area contributed by atoms with Crippen molar-refractivity contribution in [3.8, 4) is 11.1 Å². The fourth-order valence-corrected chi connectivity index (χ4v) is 4.61. The van der Waals surface area contributed by atoms with Crippen molar-refractivity contribution in [1.29, 1.82) is 0 Å². The van der Waals surface area contributed by atoms with Crippen molar-refractivity contribution in [3.63, 3.8) is 0 Å². The zero-order chi connectivity index (χ0) is 23.7. The Bertz CT molecular complexity index is 1360. The monoisotopic (exact) mass is 447 g/mol. The van der Waals surface area contributed by atoms with Gasteiger partial charge in [0.25, 0.3) is 5.91 Å². The lowest BCUT2D eigenvalue weighted by atomic mass is 9.88. The lowest BCUT2D eigenvalue weighted by Gasteiger charge is -2.23. The van der Waals surface area contributed by atoms with Crippen LogP contribution in [0.3, 0.4) is 0 Å². The number of benzene rings is 4. The number of hydrogen-bond donors (Lipinski definition) is 1. The van der Waals surface area contributed by atoms with Crippen molar-refractivity contribution in [1.82, 2.24) is 0 Å². The van der Waals surface area contributed by atoms with Crippen LogP contribution in [0.4, 0.5) is 5.69 Å². The van der Waals surface area contributed by atoms with Gasteiger partial charge in [0.1, 0.15) is 0 Å². The summed E-state index contributed by atoms with van der Waals surface area (Å²) in [7, 11) is 0. The molecule has 4 aromatic rings. The van der Waals surface area contributed by atoms with Gasteiger partial charge in [0.15, 0.2) is 11.4 Å². The number of anilines is 1. The topological polar surface area (TPSA) is 57.6 Å². The van der Waals surface area contributed by atoms with Gasteiger partial charge in [0.2, 0.25) is 0 Å². The average molecular weight is 448 g/mol. The summed E-state index contributed by atoms with van der Waals surface area (Å²) < 4.78 is 0. The Morgan fingerprint density at radius 3 is 2.15 bits per heavy atom. The van der Waals surface area contributed by atoms with Crippen LogP contribution in [0.25, 0.3) is 11.1 Å². The highest BCUT2D eigenvalue weighted by Crippen LogP contribution is 2.43. The highest BCUT2D eigenvalue weighted by molar-refractivity contribution is 6.10. The molecule has 4 aromatic carbocycles. The van der Waals surface area contributed by atoms with Crippen molar-refractivity contribution in [3.05, 3.63) is 125 Å². The standard InChI is InChI=1S/C30H25NO3/c1-21-9-5-6-12-25(21)20-31-27-14-8-7-13-26(27)30(34,29(31)33)19-28(32)24-17-15-23(16-18-24)22-10-3-2-4-11-22/h2-18,34H,19-20H2,1H3/t30-/m0/s1. The largest absolute Gasteiger partial charge is 0.375 e. The van der Waals surface area contributed by atoms with Crippen LogP contribution in [-0.2, 0) is 16.9 Å². The Balaban J connectivity index is 1.42. The van der Waals surface area contributed by atoms with Gasteiger partial charge in [-0.25, -0.2) is 0 Å². The van der Waals surface area contributed by atoms with Crippen molar-refractivity contribution in [2.24, 2.45) is 0 Å². The third-order valence-corrected chi connectivity index (χ3v) is 6.56. The molecular weight excluding hydrogens is 422 g/mol. The van der Waals surface area contributed by atoms with Gasteiger partial charge in [-0.3, -0.25) is 9.59 Å². The number of carbonyl (C=O) groups is 2. The molecule has 1 heterocycles. The van der Waals surface area contributed by atoms with Gasteiger partial charge >= 0.3 is 0 Å². The third kappa shape index (κ3) is 3.82. The maximum absolute atomic E-state index is 13.5. The molecule has 1 atom stereocenters. The molecule has 0 fully saturated rings. The Morgan fingerprint density at radius 1 is 0.794 bits per heavy atom. The molecule has 0 aliphatic carbocycles. The molecule has 5 rings (SSSR count). The molecule has 0 radical (unpaired) electrons. The predicted molar refractivity (Wildman–Crippen MR) is 134 cm³/mol. The highest BCUT2D eigenvalue weighted by atomic mass is 16.3. The van der Waals surface area contributed by atoms with Gasteiger partial charge in [0, 0.05) is 11.1 Å². The smallest absolute Gasteiger partial charge is 0.264 e. The normalized spacial score (nSPS) is 17.0. The predicted octanol–water partition coefficient (Wildman–Crippen LogP) is 5.67. The molecule has 0 saturated heterocycles. The number of amides is 1. The van der Waals surface area contributed by atoms with E-state index in [1.807, 2.05) is 85.8 Å². The zero-order valence-electron chi connectivity index (χ0n) is 18.9. The maximum atomic E-state index is 13.5. The van der Waals surface area contributed by atoms with Crippen molar-refractivity contribution in [2.45, 2.75) is 25.5 Å². The SMILES string of the molecule is Cc1ccccc1CN1C(=O)[C@](O)(CC(=O)c2ccc(-c3ccccc3)cc2)c2ccccc21. The number of para-hydroxylation sites is 1. The third-order valence-electron chi connectivity index (χ3n) is 6.56. The molecule has 4 heteroatoms. The summed E-state index contributed by atoms with van der Waals surface area (Å²) in [5.41, 5.74) is 3.82. The van der Waals surface area contributed by atoms with E-state index in [0.29, 0.717) is 23.4 Å². The second-order valence-electron chi connectivity index (χ2n) is 8.74. The van der Waals surface area contributed by atoms with Crippen LogP contribution in [0.15, 0.2) is 103 Å². The molecule has 0 bridgehead atoms. The molecule has 0 aromatic heterocycles. The minimum atomic E-state index is -1.89. The first-order valence-electron chi connectivity index (χ1n) is 11.3. The van der Waals surface area contributed by atoms with E-state index in [4.69, 9.17) is 0 Å². The number of aryl methyl sites for hydroxylation is 1. The zero-order valence-corrected chi connectivity index (χ0v) is 18.9. The summed E-state index contributed by atoms with van der Waals surface area (Å²) in [6.07, 6.45) is -0.308. The van der Waals surface area contributed by atoms with Gasteiger partial charge in [-0.05, 0) is 35.2 Å². The summed E-state index contributed by atoms with van der Waals surface area (Å²) in [5, 5.41) is 11.6. The number of hydrogen-bond acceptors (Lipinski definition) is 3. The number of Topliss-reactive ketones (excluding diaryl/α,β-unsaturated/α-hetero) is 1. The van der Waals surface area contributed by atoms with Crippen LogP contribution in [0.1, 0.15) is 33.5 Å². The molecule has 0 spiro atoms. The van der Waals surface area contributed by atoms with E-state index in [9.17, 15) is 14.7 Å². The quantitative estimate of drug-likeness (QED) is 0.388. The number of fused-ring (bicyclic) bond motifs is 1. The minimum absolute atomic E-state index is 0.275. The van der Waals surface area contributed by atoms with E-state index in [2.05, 4.69) is 0 Å². The van der Waals surface area contributed by atoms with Gasteiger partial charge in [0.05, 0.1) is 18.7 Å². The summed E-state index contributed by atoms with van der Waals surface area (Å²) >= 11 is 0. The van der Waals surface area contributed by atoms with Crippen LogP contribution in [-0.4, -0.2) is 16.8 Å². The van der Waals surface area contributed by atoms with E-state index >= 15 is 0 Å². The minimum Gasteiger partial charge on any atom is -0.375 e. The lowest BCUT2D eigenvalue weighted by Crippen LogP contribution is -2.41. The maximum Gasteiger partial charge on any atom is 0.264 e. The van der Waals surface area contributed by atoms with E-state index in [0.717, 1.165) is 22.3 Å². The van der Waals surface area contributed by atoms with Crippen LogP contribution in [0.5, 0.6) is 0 Å². The number of nitrogens with zero attached hydrogens (tertiary/aromatic N) is 1. The Morgan fingerprint density at radius 2 is 1.41 bits per heavy atom. The van der Waals surface area contributed by atoms with E-state index in [1.165, 1.54) is 0 Å². The molecule has 1 aliphatic rings. The molecular formula is C30H25NO3. The molecule has 1 aliphatic heterocycles. The number of carbonyl (C=O) groups excluding carboxylic acids is 2. The summed E-state index contributed by atoms with van der Waals surface area (Å²) in [4.78, 5) is 28.3. The highest BCUT2D eigenvalue weighted by Gasteiger charge is 2.50. The van der Waals surface area contributed by atoms with Gasteiger partial charge in [-0.15, -0.1) is 0 Å². The number of aliphatic hydroxyl groups is 1. The van der Waals surface area contributed by atoms with Gasteiger partial charge in [-0.1, -0.05) is 97.1 Å². The molecule has 4 nitrogen and oxygen atoms in total. The second kappa shape index (κ2) is 8.73. The van der Waals surface area contributed by atoms with Crippen LogP contribution < -0.4 is 4.90 Å². The second-order valence-corrected chi connectivity index (χ2v) is 8.74. The molecule has 1 N–H and O–H groups in total. The first kappa shape index (κ1) is 21.8. The molecule has 168 valence electrons. The van der Waals surface area contributed by atoms with E-state index < -0.39 is 11.5 Å². The summed E-state index contributed by atoms with van der Waals surface area (Å²) in [6, 6.07) is 32.2. The fourth-order valence-electron chi connectivity index (χ4n) is 4.61. The summed E-state index contributed by atoms with van der Waals surface area (Å²) in [5.74, 6) is -0.741. The fraction of sp³-hybridized carbons (Fsp3) is 0.133. The van der Waals surface area contributed by atoms with Crippen LogP contribution in [0.2, 0.25) is 0 Å². The van der Waals surface area contributed by atoms with Gasteiger partial charge in [-0.2, -0.15) is 0 Å². The summed E-state index contributed by atoms with van der Waals surface area (Å²) in [6.45, 7) is 2.33. The Kier molecular flexibility index (Phi) is 5.60. The van der Waals surface area contributed by atoms with Crippen molar-refractivity contribution >= 4 is 17.4 Å². The first-order valence-corrected chi connectivity index (χ1v) is 11.3. The Labute approximate surface area is 199 Å². The Hall–Kier alpha value is -4.02. The van der Waals surface area contributed by atoms with Crippen LogP contribution in [0, 0.1) is 6.92 Å². The average Bonchev–Trinajstić information content (AvgIpc) is 3.08. The lowest BCUT2D eigenvalue weighted by molar-refractivity contribution is -0.136. The van der Waals surface area contributed by atoms with Crippen LogP contribution >= 0.6 is 0 Å². The molecule has 1 amide bonds. The first-order chi connectivity index (χ1) is 16.5. The van der Waals surface area contributed by atoms with Crippen molar-refractivity contribution in [2.75, 3.05) is 4.90 Å². The molecule has 0 unspecified atom stereocenters. The molecule has 0 saturated carbocycles.